The molecule has 1 saturated heterocycles. The second-order valence-electron chi connectivity index (χ2n) is 7.91. The van der Waals surface area contributed by atoms with Gasteiger partial charge in [0.1, 0.15) is 6.54 Å². The maximum atomic E-state index is 13.5. The van der Waals surface area contributed by atoms with Crippen LogP contribution in [0.3, 0.4) is 0 Å². The molecular weight excluding hydrogens is 444 g/mol. The monoisotopic (exact) mass is 466 g/mol. The van der Waals surface area contributed by atoms with Gasteiger partial charge in [0.05, 0.1) is 17.1 Å². The maximum Gasteiger partial charge on any atom is 0.267 e. The van der Waals surface area contributed by atoms with Crippen LogP contribution >= 0.6 is 11.8 Å². The van der Waals surface area contributed by atoms with Crippen LogP contribution < -0.4 is 5.73 Å². The average molecular weight is 467 g/mol. The number of hydrogen-bond acceptors (Lipinski definition) is 4. The van der Waals surface area contributed by atoms with Gasteiger partial charge in [-0.1, -0.05) is 66.7 Å². The first-order valence-corrected chi connectivity index (χ1v) is 11.7. The lowest BCUT2D eigenvalue weighted by Gasteiger charge is -2.15. The van der Waals surface area contributed by atoms with Crippen molar-refractivity contribution in [2.75, 3.05) is 0 Å². The number of fused-ring (bicyclic) bond motifs is 1. The highest BCUT2D eigenvalue weighted by Crippen LogP contribution is 2.36. The fourth-order valence-electron chi connectivity index (χ4n) is 3.94. The molecule has 34 heavy (non-hydrogen) atoms. The van der Waals surface area contributed by atoms with Gasteiger partial charge in [0.15, 0.2) is 5.17 Å². The largest absolute Gasteiger partial charge is 0.368 e. The van der Waals surface area contributed by atoms with Crippen LogP contribution in [0.2, 0.25) is 0 Å². The van der Waals surface area contributed by atoms with E-state index in [4.69, 9.17) is 10.7 Å². The van der Waals surface area contributed by atoms with Gasteiger partial charge in [0.2, 0.25) is 5.91 Å². The molecule has 1 aliphatic heterocycles. The van der Waals surface area contributed by atoms with E-state index in [1.807, 2.05) is 102 Å². The zero-order valence-electron chi connectivity index (χ0n) is 18.3. The normalized spacial score (nSPS) is 16.1. The summed E-state index contributed by atoms with van der Waals surface area (Å²) in [4.78, 5) is 32.1. The molecular formula is C27H22N4O2S. The first-order chi connectivity index (χ1) is 16.6. The number of rotatable bonds is 6. The molecule has 0 atom stereocenters. The predicted octanol–water partition coefficient (Wildman–Crippen LogP) is 4.93. The molecule has 168 valence electrons. The van der Waals surface area contributed by atoms with Crippen LogP contribution in [-0.4, -0.2) is 26.4 Å². The molecule has 0 bridgehead atoms. The predicted molar refractivity (Wildman–Crippen MR) is 137 cm³/mol. The molecule has 1 fully saturated rings. The SMILES string of the molecule is NC(=O)Cn1cc(C=C2SC(=Nc3ccccc3)N(Cc3ccccc3)C2=O)c2ccccc21. The number of nitrogens with two attached hydrogens (primary N) is 1. The lowest BCUT2D eigenvalue weighted by molar-refractivity contribution is -0.122. The van der Waals surface area contributed by atoms with Crippen LogP contribution in [0, 0.1) is 0 Å². The van der Waals surface area contributed by atoms with Crippen molar-refractivity contribution in [3.05, 3.63) is 107 Å². The van der Waals surface area contributed by atoms with Gasteiger partial charge in [-0.3, -0.25) is 14.5 Å². The maximum absolute atomic E-state index is 13.5. The van der Waals surface area contributed by atoms with E-state index in [-0.39, 0.29) is 12.5 Å². The van der Waals surface area contributed by atoms with Crippen LogP contribution in [0.15, 0.2) is 101 Å². The number of thioether (sulfide) groups is 1. The number of amidine groups is 1. The summed E-state index contributed by atoms with van der Waals surface area (Å²) >= 11 is 1.35. The summed E-state index contributed by atoms with van der Waals surface area (Å²) in [5.74, 6) is -0.521. The van der Waals surface area contributed by atoms with Crippen LogP contribution in [0.1, 0.15) is 11.1 Å². The highest BCUT2D eigenvalue weighted by Gasteiger charge is 2.33. The number of benzene rings is 3. The minimum atomic E-state index is -0.419. The van der Waals surface area contributed by atoms with Gasteiger partial charge in [-0.2, -0.15) is 0 Å². The summed E-state index contributed by atoms with van der Waals surface area (Å²) in [5.41, 5.74) is 9.00. The number of aliphatic imine (C=N–C) groups is 1. The van der Waals surface area contributed by atoms with Gasteiger partial charge in [-0.25, -0.2) is 4.99 Å². The van der Waals surface area contributed by atoms with Crippen molar-refractivity contribution < 1.29 is 9.59 Å². The standard InChI is InChI=1S/C27H22N4O2S/c28-25(32)18-30-17-20(22-13-7-8-14-23(22)30)15-24-26(33)31(16-19-9-3-1-4-10-19)27(34-24)29-21-11-5-2-6-12-21/h1-15,17H,16,18H2,(H2,28,32). The number of carbonyl (C=O) groups excluding carboxylic acids is 2. The molecule has 0 aliphatic carbocycles. The number of primary amides is 1. The number of para-hydroxylation sites is 2. The molecule has 6 nitrogen and oxygen atoms in total. The molecule has 5 rings (SSSR count). The van der Waals surface area contributed by atoms with Gasteiger partial charge in [-0.05, 0) is 41.6 Å². The van der Waals surface area contributed by atoms with Crippen LogP contribution in [0.5, 0.6) is 0 Å². The van der Waals surface area contributed by atoms with E-state index in [9.17, 15) is 9.59 Å². The summed E-state index contributed by atoms with van der Waals surface area (Å²) in [6.45, 7) is 0.505. The molecule has 3 aromatic carbocycles. The van der Waals surface area contributed by atoms with Gasteiger partial charge in [0.25, 0.3) is 5.91 Å². The van der Waals surface area contributed by atoms with Gasteiger partial charge in [0, 0.05) is 22.7 Å². The third-order valence-electron chi connectivity index (χ3n) is 5.48. The van der Waals surface area contributed by atoms with E-state index in [2.05, 4.69) is 0 Å². The lowest BCUT2D eigenvalue weighted by atomic mass is 10.1. The van der Waals surface area contributed by atoms with Crippen molar-refractivity contribution >= 4 is 51.4 Å². The smallest absolute Gasteiger partial charge is 0.267 e. The number of carbonyl (C=O) groups is 2. The minimum Gasteiger partial charge on any atom is -0.368 e. The third kappa shape index (κ3) is 4.51. The van der Waals surface area contributed by atoms with E-state index in [0.29, 0.717) is 16.6 Å². The van der Waals surface area contributed by atoms with Crippen molar-refractivity contribution in [1.82, 2.24) is 9.47 Å². The summed E-state index contributed by atoms with van der Waals surface area (Å²) in [6, 6.07) is 27.2. The number of nitrogens with zero attached hydrogens (tertiary/aromatic N) is 3. The Morgan fingerprint density at radius 3 is 2.35 bits per heavy atom. The van der Waals surface area contributed by atoms with Crippen molar-refractivity contribution in [3.8, 4) is 0 Å². The number of hydrogen-bond donors (Lipinski definition) is 1. The molecule has 2 heterocycles. The van der Waals surface area contributed by atoms with Crippen LogP contribution in [0.4, 0.5) is 5.69 Å². The molecule has 2 N–H and O–H groups in total. The number of aromatic nitrogens is 1. The van der Waals surface area contributed by atoms with E-state index in [0.717, 1.165) is 27.7 Å². The van der Waals surface area contributed by atoms with Gasteiger partial charge in [-0.15, -0.1) is 0 Å². The van der Waals surface area contributed by atoms with Crippen molar-refractivity contribution in [3.63, 3.8) is 0 Å². The fraction of sp³-hybridized carbons (Fsp3) is 0.0741. The molecule has 1 aliphatic rings. The Hall–Kier alpha value is -4.10. The summed E-state index contributed by atoms with van der Waals surface area (Å²) < 4.78 is 1.81. The second kappa shape index (κ2) is 9.41. The Kier molecular flexibility index (Phi) is 6.01. The molecule has 0 unspecified atom stereocenters. The second-order valence-corrected chi connectivity index (χ2v) is 8.92. The van der Waals surface area contributed by atoms with E-state index >= 15 is 0 Å². The van der Waals surface area contributed by atoms with Crippen molar-refractivity contribution in [2.45, 2.75) is 13.1 Å². The van der Waals surface area contributed by atoms with E-state index < -0.39 is 5.91 Å². The zero-order chi connectivity index (χ0) is 23.5. The molecule has 2 amide bonds. The summed E-state index contributed by atoms with van der Waals surface area (Å²) in [7, 11) is 0. The highest BCUT2D eigenvalue weighted by atomic mass is 32.2. The van der Waals surface area contributed by atoms with Crippen LogP contribution in [0.25, 0.3) is 17.0 Å². The molecule has 0 saturated carbocycles. The Morgan fingerprint density at radius 2 is 1.62 bits per heavy atom. The first-order valence-electron chi connectivity index (χ1n) is 10.8. The highest BCUT2D eigenvalue weighted by molar-refractivity contribution is 8.18. The Morgan fingerprint density at radius 1 is 0.941 bits per heavy atom. The molecule has 4 aromatic rings. The molecule has 0 radical (unpaired) electrons. The average Bonchev–Trinajstić information content (AvgIpc) is 3.33. The Labute approximate surface area is 201 Å². The van der Waals surface area contributed by atoms with Gasteiger partial charge < -0.3 is 10.3 Å². The van der Waals surface area contributed by atoms with Crippen molar-refractivity contribution in [2.24, 2.45) is 10.7 Å². The summed E-state index contributed by atoms with van der Waals surface area (Å²) in [6.07, 6.45) is 3.74. The Bertz CT molecular complexity index is 1430. The van der Waals surface area contributed by atoms with E-state index in [1.54, 1.807) is 4.90 Å². The topological polar surface area (TPSA) is 80.7 Å². The number of amides is 2. The van der Waals surface area contributed by atoms with Crippen molar-refractivity contribution in [1.29, 1.82) is 0 Å². The third-order valence-corrected chi connectivity index (χ3v) is 6.49. The lowest BCUT2D eigenvalue weighted by Crippen LogP contribution is -2.28. The molecule has 1 aromatic heterocycles. The summed E-state index contributed by atoms with van der Waals surface area (Å²) in [5, 5.41) is 1.58. The van der Waals surface area contributed by atoms with Gasteiger partial charge >= 0.3 is 0 Å². The Balaban J connectivity index is 1.55. The first kappa shape index (κ1) is 21.7. The van der Waals surface area contributed by atoms with E-state index in [1.165, 1.54) is 11.8 Å². The molecule has 0 spiro atoms. The quantitative estimate of drug-likeness (QED) is 0.409. The zero-order valence-corrected chi connectivity index (χ0v) is 19.1. The van der Waals surface area contributed by atoms with Crippen LogP contribution in [-0.2, 0) is 22.7 Å². The minimum absolute atomic E-state index is 0.0750. The molecule has 7 heteroatoms. The fourth-order valence-corrected chi connectivity index (χ4v) is 4.93.